The Morgan fingerprint density at radius 2 is 2.44 bits per heavy atom. The predicted molar refractivity (Wildman–Crippen MR) is 34.3 cm³/mol. The van der Waals surface area contributed by atoms with E-state index in [2.05, 4.69) is 0 Å². The van der Waals surface area contributed by atoms with Crippen molar-refractivity contribution in [1.82, 2.24) is 5.48 Å². The van der Waals surface area contributed by atoms with E-state index in [4.69, 9.17) is 5.21 Å². The van der Waals surface area contributed by atoms with Crippen LogP contribution in [0.2, 0.25) is 0 Å². The number of rotatable bonds is 5. The minimum absolute atomic E-state index is 0.370. The van der Waals surface area contributed by atoms with Crippen molar-refractivity contribution in [2.45, 2.75) is 32.2 Å². The molecule has 3 nitrogen and oxygen atoms in total. The van der Waals surface area contributed by atoms with Gasteiger partial charge in [-0.2, -0.15) is 5.48 Å². The van der Waals surface area contributed by atoms with Crippen LogP contribution in [0.1, 0.15) is 26.2 Å². The summed E-state index contributed by atoms with van der Waals surface area (Å²) in [5, 5.41) is 8.27. The van der Waals surface area contributed by atoms with Gasteiger partial charge in [0, 0.05) is 0 Å². The zero-order valence-corrected chi connectivity index (χ0v) is 5.63. The number of nitrogens with one attached hydrogen (secondary N) is 1. The van der Waals surface area contributed by atoms with Crippen LogP contribution in [-0.2, 0) is 4.79 Å². The number of aldehydes is 1. The van der Waals surface area contributed by atoms with Crippen LogP contribution < -0.4 is 5.48 Å². The summed E-state index contributed by atoms with van der Waals surface area (Å²) in [7, 11) is 0. The predicted octanol–water partition coefficient (Wildman–Crippen LogP) is 0.723. The Morgan fingerprint density at radius 3 is 2.78 bits per heavy atom. The van der Waals surface area contributed by atoms with Crippen LogP contribution in [-0.4, -0.2) is 17.5 Å². The summed E-state index contributed by atoms with van der Waals surface area (Å²) in [6.45, 7) is 2.04. The molecule has 3 heteroatoms. The summed E-state index contributed by atoms with van der Waals surface area (Å²) in [6.07, 6.45) is 3.45. The van der Waals surface area contributed by atoms with E-state index in [-0.39, 0.29) is 6.04 Å². The molecule has 0 aromatic rings. The lowest BCUT2D eigenvalue weighted by atomic mass is 10.1. The molecule has 1 atom stereocenters. The molecule has 1 unspecified atom stereocenters. The van der Waals surface area contributed by atoms with Crippen molar-refractivity contribution in [3.63, 3.8) is 0 Å². The third-order valence-corrected chi connectivity index (χ3v) is 1.20. The van der Waals surface area contributed by atoms with Crippen LogP contribution in [0, 0.1) is 0 Å². The van der Waals surface area contributed by atoms with Crippen molar-refractivity contribution in [2.75, 3.05) is 0 Å². The van der Waals surface area contributed by atoms with Crippen molar-refractivity contribution in [2.24, 2.45) is 0 Å². The largest absolute Gasteiger partial charge is 0.316 e. The zero-order chi connectivity index (χ0) is 7.11. The maximum absolute atomic E-state index is 10.0. The Bertz CT molecular complexity index is 75.5. The number of hydrogen-bond acceptors (Lipinski definition) is 3. The summed E-state index contributed by atoms with van der Waals surface area (Å²) in [6, 6.07) is -0.370. The molecule has 54 valence electrons. The van der Waals surface area contributed by atoms with Crippen molar-refractivity contribution in [3.05, 3.63) is 0 Å². The summed E-state index contributed by atoms with van der Waals surface area (Å²) >= 11 is 0. The van der Waals surface area contributed by atoms with E-state index in [9.17, 15) is 4.79 Å². The molecule has 0 aromatic carbocycles. The van der Waals surface area contributed by atoms with Gasteiger partial charge in [-0.3, -0.25) is 0 Å². The molecule has 0 aromatic heterocycles. The molecule has 0 amide bonds. The zero-order valence-electron chi connectivity index (χ0n) is 5.63. The first kappa shape index (κ1) is 8.59. The maximum Gasteiger partial charge on any atom is 0.139 e. The number of hydroxylamine groups is 1. The van der Waals surface area contributed by atoms with E-state index in [0.29, 0.717) is 0 Å². The van der Waals surface area contributed by atoms with Gasteiger partial charge in [-0.05, 0) is 6.42 Å². The van der Waals surface area contributed by atoms with E-state index < -0.39 is 0 Å². The van der Waals surface area contributed by atoms with E-state index in [1.807, 2.05) is 12.4 Å². The van der Waals surface area contributed by atoms with Crippen LogP contribution in [0.4, 0.5) is 0 Å². The smallest absolute Gasteiger partial charge is 0.139 e. The third-order valence-electron chi connectivity index (χ3n) is 1.20. The monoisotopic (exact) mass is 131 g/mol. The van der Waals surface area contributed by atoms with Gasteiger partial charge in [-0.15, -0.1) is 0 Å². The molecule has 0 bridgehead atoms. The molecule has 0 fully saturated rings. The van der Waals surface area contributed by atoms with Gasteiger partial charge in [-0.25, -0.2) is 0 Å². The van der Waals surface area contributed by atoms with Crippen LogP contribution in [0.25, 0.3) is 0 Å². The molecule has 2 N–H and O–H groups in total. The highest BCUT2D eigenvalue weighted by molar-refractivity contribution is 5.56. The highest BCUT2D eigenvalue weighted by Gasteiger charge is 2.01. The number of hydrogen-bond donors (Lipinski definition) is 2. The second kappa shape index (κ2) is 5.72. The third kappa shape index (κ3) is 4.12. The Kier molecular flexibility index (Phi) is 5.46. The van der Waals surface area contributed by atoms with E-state index in [0.717, 1.165) is 25.5 Å². The molecular formula is C6H13NO2. The van der Waals surface area contributed by atoms with Crippen LogP contribution in [0.5, 0.6) is 0 Å². The molecular weight excluding hydrogens is 118 g/mol. The average Bonchev–Trinajstić information content (AvgIpc) is 1.91. The molecule has 0 heterocycles. The second-order valence-electron chi connectivity index (χ2n) is 2.01. The SMILES string of the molecule is CCCCC(C=O)NO. The average molecular weight is 131 g/mol. The summed E-state index contributed by atoms with van der Waals surface area (Å²) in [5.74, 6) is 0. The molecule has 0 aliphatic carbocycles. The van der Waals surface area contributed by atoms with Gasteiger partial charge in [0.25, 0.3) is 0 Å². The molecule has 0 spiro atoms. The standard InChI is InChI=1S/C6H13NO2/c1-2-3-4-6(5-8)7-9/h5-7,9H,2-4H2,1H3. The first-order chi connectivity index (χ1) is 4.35. The van der Waals surface area contributed by atoms with Gasteiger partial charge in [0.15, 0.2) is 0 Å². The van der Waals surface area contributed by atoms with Gasteiger partial charge in [0.05, 0.1) is 6.04 Å². The normalized spacial score (nSPS) is 13.1. The Labute approximate surface area is 55.0 Å². The van der Waals surface area contributed by atoms with E-state index in [1.165, 1.54) is 0 Å². The highest BCUT2D eigenvalue weighted by atomic mass is 16.5. The number of unbranched alkanes of at least 4 members (excludes halogenated alkanes) is 1. The van der Waals surface area contributed by atoms with Gasteiger partial charge >= 0.3 is 0 Å². The lowest BCUT2D eigenvalue weighted by molar-refractivity contribution is -0.112. The first-order valence-corrected chi connectivity index (χ1v) is 3.20. The Balaban J connectivity index is 3.20. The molecule has 0 saturated heterocycles. The topological polar surface area (TPSA) is 49.3 Å². The molecule has 0 radical (unpaired) electrons. The first-order valence-electron chi connectivity index (χ1n) is 3.20. The van der Waals surface area contributed by atoms with Gasteiger partial charge in [-0.1, -0.05) is 19.8 Å². The highest BCUT2D eigenvalue weighted by Crippen LogP contribution is 1.96. The minimum atomic E-state index is -0.370. The Hall–Kier alpha value is -0.410. The van der Waals surface area contributed by atoms with Crippen molar-refractivity contribution in [1.29, 1.82) is 0 Å². The maximum atomic E-state index is 10.0. The lowest BCUT2D eigenvalue weighted by Crippen LogP contribution is -2.26. The summed E-state index contributed by atoms with van der Waals surface area (Å²) < 4.78 is 0. The molecule has 0 aliphatic rings. The molecule has 0 rings (SSSR count). The number of carbonyl (C=O) groups is 1. The quantitative estimate of drug-likeness (QED) is 0.427. The van der Waals surface area contributed by atoms with E-state index >= 15 is 0 Å². The van der Waals surface area contributed by atoms with Gasteiger partial charge in [0.2, 0.25) is 0 Å². The second-order valence-corrected chi connectivity index (χ2v) is 2.01. The number of carbonyl (C=O) groups excluding carboxylic acids is 1. The fraction of sp³-hybridized carbons (Fsp3) is 0.833. The molecule has 0 aliphatic heterocycles. The van der Waals surface area contributed by atoms with Gasteiger partial charge < -0.3 is 10.0 Å². The Morgan fingerprint density at radius 1 is 1.78 bits per heavy atom. The van der Waals surface area contributed by atoms with Gasteiger partial charge in [0.1, 0.15) is 6.29 Å². The fourth-order valence-corrected chi connectivity index (χ4v) is 0.587. The minimum Gasteiger partial charge on any atom is -0.316 e. The van der Waals surface area contributed by atoms with Crippen LogP contribution in [0.15, 0.2) is 0 Å². The van der Waals surface area contributed by atoms with E-state index in [1.54, 1.807) is 0 Å². The summed E-state index contributed by atoms with van der Waals surface area (Å²) in [5.41, 5.74) is 1.92. The van der Waals surface area contributed by atoms with Crippen LogP contribution in [0.3, 0.4) is 0 Å². The molecule has 0 saturated carbocycles. The summed E-state index contributed by atoms with van der Waals surface area (Å²) in [4.78, 5) is 10.0. The van der Waals surface area contributed by atoms with Crippen molar-refractivity contribution in [3.8, 4) is 0 Å². The van der Waals surface area contributed by atoms with Crippen LogP contribution >= 0.6 is 0 Å². The van der Waals surface area contributed by atoms with Crippen molar-refractivity contribution < 1.29 is 10.0 Å². The molecule has 9 heavy (non-hydrogen) atoms. The van der Waals surface area contributed by atoms with Crippen molar-refractivity contribution >= 4 is 6.29 Å². The fourth-order valence-electron chi connectivity index (χ4n) is 0.587. The lowest BCUT2D eigenvalue weighted by Gasteiger charge is -2.04.